The van der Waals surface area contributed by atoms with E-state index in [-0.39, 0.29) is 17.9 Å². The maximum Gasteiger partial charge on any atom is 0.259 e. The van der Waals surface area contributed by atoms with Gasteiger partial charge < -0.3 is 25.5 Å². The Morgan fingerprint density at radius 1 is 1.20 bits per heavy atom. The number of nitrogen functional groups attached to an aromatic ring is 1. The van der Waals surface area contributed by atoms with E-state index >= 15 is 0 Å². The number of benzene rings is 2. The summed E-state index contributed by atoms with van der Waals surface area (Å²) in [6.45, 7) is 5.99. The number of amides is 1. The average molecular weight is 575 g/mol. The van der Waals surface area contributed by atoms with Gasteiger partial charge >= 0.3 is 0 Å². The summed E-state index contributed by atoms with van der Waals surface area (Å²) in [5.74, 6) is -0.312. The maximum absolute atomic E-state index is 13.2. The number of carbonyl (C=O) groups excluding carboxylic acids is 2. The van der Waals surface area contributed by atoms with Gasteiger partial charge in [-0.2, -0.15) is 5.10 Å². The second-order valence-corrected chi connectivity index (χ2v) is 10.1. The highest BCUT2D eigenvalue weighted by atomic mass is 35.5. The van der Waals surface area contributed by atoms with Crippen molar-refractivity contribution in [1.82, 2.24) is 34.6 Å². The molecule has 12 heteroatoms. The van der Waals surface area contributed by atoms with E-state index in [2.05, 4.69) is 32.4 Å². The lowest BCUT2D eigenvalue weighted by Gasteiger charge is -2.21. The van der Waals surface area contributed by atoms with Crippen LogP contribution in [-0.4, -0.2) is 74.8 Å². The molecule has 1 amide bonds. The molecule has 1 aliphatic heterocycles. The van der Waals surface area contributed by atoms with Gasteiger partial charge in [-0.3, -0.25) is 9.48 Å². The lowest BCUT2D eigenvalue weighted by molar-refractivity contribution is -0.108. The van der Waals surface area contributed by atoms with Crippen molar-refractivity contribution in [3.8, 4) is 11.1 Å². The Hall–Kier alpha value is -4.32. The van der Waals surface area contributed by atoms with Crippen LogP contribution in [0.2, 0.25) is 5.02 Å². The molecule has 0 saturated carbocycles. The number of hydrogen-bond acceptors (Lipinski definition) is 8. The van der Waals surface area contributed by atoms with Crippen molar-refractivity contribution in [3.05, 3.63) is 77.2 Å². The van der Waals surface area contributed by atoms with Crippen molar-refractivity contribution < 1.29 is 14.3 Å². The first-order chi connectivity index (χ1) is 19.9. The summed E-state index contributed by atoms with van der Waals surface area (Å²) < 4.78 is 8.11. The number of rotatable bonds is 6. The summed E-state index contributed by atoms with van der Waals surface area (Å²) in [4.78, 5) is 30.8. The zero-order valence-corrected chi connectivity index (χ0v) is 23.6. The summed E-state index contributed by atoms with van der Waals surface area (Å²) in [5.41, 5.74) is 9.75. The minimum Gasteiger partial charge on any atom is -0.381 e. The molecule has 4 heterocycles. The molecular formula is C29H31ClN8O3. The van der Waals surface area contributed by atoms with Crippen molar-refractivity contribution >= 4 is 46.2 Å². The van der Waals surface area contributed by atoms with E-state index in [0.717, 1.165) is 54.7 Å². The third-order valence-corrected chi connectivity index (χ3v) is 7.16. The number of morpholine rings is 1. The number of halogens is 1. The number of nitrogens with one attached hydrogen (secondary N) is 1. The van der Waals surface area contributed by atoms with Gasteiger partial charge in [0.2, 0.25) is 0 Å². The second kappa shape index (κ2) is 12.5. The van der Waals surface area contributed by atoms with Crippen LogP contribution >= 0.6 is 11.6 Å². The van der Waals surface area contributed by atoms with Gasteiger partial charge in [0.15, 0.2) is 11.5 Å². The van der Waals surface area contributed by atoms with Gasteiger partial charge in [0.25, 0.3) is 5.91 Å². The standard InChI is InChI=1S/C24H20ClN7O2.C5H11NO/c1-14(28-24(34)20-22(26)30-32-9-5-8-27-23(20)32)16-12-18(25)17-13-31(10-11-33)29-21(17)19(16)15-6-3-2-4-7-15;1-6-2-4-7-5-3-6/h2-9,11-14H,10H2,1H3,(H2,26,30)(H,28,34);2-5H2,1H3. The number of aldehydes is 1. The topological polar surface area (TPSA) is 133 Å². The van der Waals surface area contributed by atoms with E-state index in [0.29, 0.717) is 16.2 Å². The van der Waals surface area contributed by atoms with E-state index in [1.807, 2.05) is 43.3 Å². The van der Waals surface area contributed by atoms with Gasteiger partial charge in [0.1, 0.15) is 17.4 Å². The van der Waals surface area contributed by atoms with E-state index in [1.54, 1.807) is 29.3 Å². The van der Waals surface area contributed by atoms with Crippen LogP contribution in [0.4, 0.5) is 5.82 Å². The largest absolute Gasteiger partial charge is 0.381 e. The molecular weight excluding hydrogens is 544 g/mol. The third-order valence-electron chi connectivity index (χ3n) is 6.85. The number of anilines is 1. The zero-order chi connectivity index (χ0) is 28.9. The Bertz CT molecular complexity index is 1680. The summed E-state index contributed by atoms with van der Waals surface area (Å²) in [6.07, 6.45) is 5.78. The highest BCUT2D eigenvalue weighted by molar-refractivity contribution is 6.36. The van der Waals surface area contributed by atoms with E-state index in [9.17, 15) is 9.59 Å². The molecule has 1 aliphatic rings. The quantitative estimate of drug-likeness (QED) is 0.294. The Balaban J connectivity index is 0.000000423. The van der Waals surface area contributed by atoms with E-state index in [4.69, 9.17) is 22.1 Å². The van der Waals surface area contributed by atoms with Gasteiger partial charge in [-0.05, 0) is 37.2 Å². The minimum absolute atomic E-state index is 0.0905. The van der Waals surface area contributed by atoms with E-state index in [1.165, 1.54) is 4.52 Å². The first-order valence-electron chi connectivity index (χ1n) is 13.2. The number of likely N-dealkylation sites (N-methyl/N-ethyl adjacent to an activating group) is 1. The number of aromatic nitrogens is 5. The van der Waals surface area contributed by atoms with Crippen molar-refractivity contribution in [1.29, 1.82) is 0 Å². The molecule has 3 N–H and O–H groups in total. The predicted molar refractivity (Wildman–Crippen MR) is 158 cm³/mol. The summed E-state index contributed by atoms with van der Waals surface area (Å²) in [7, 11) is 2.11. The Kier molecular flexibility index (Phi) is 8.58. The van der Waals surface area contributed by atoms with Gasteiger partial charge in [0, 0.05) is 42.6 Å². The molecule has 1 atom stereocenters. The van der Waals surface area contributed by atoms with Crippen LogP contribution in [0.1, 0.15) is 28.9 Å². The van der Waals surface area contributed by atoms with Crippen LogP contribution in [0.5, 0.6) is 0 Å². The Labute approximate surface area is 241 Å². The Morgan fingerprint density at radius 3 is 2.63 bits per heavy atom. The van der Waals surface area contributed by atoms with Crippen molar-refractivity contribution in [2.45, 2.75) is 19.5 Å². The molecule has 0 radical (unpaired) electrons. The second-order valence-electron chi connectivity index (χ2n) is 9.73. The smallest absolute Gasteiger partial charge is 0.259 e. The normalized spacial score (nSPS) is 14.4. The number of hydrogen-bond donors (Lipinski definition) is 2. The number of nitrogens with two attached hydrogens (primary N) is 1. The van der Waals surface area contributed by atoms with Gasteiger partial charge in [0.05, 0.1) is 30.8 Å². The van der Waals surface area contributed by atoms with Crippen molar-refractivity contribution in [3.63, 3.8) is 0 Å². The number of ether oxygens (including phenoxy) is 1. The molecule has 3 aromatic heterocycles. The fraction of sp³-hybridized carbons (Fsp3) is 0.276. The first kappa shape index (κ1) is 28.2. The predicted octanol–water partition coefficient (Wildman–Crippen LogP) is 3.62. The molecule has 6 rings (SSSR count). The maximum atomic E-state index is 13.2. The monoisotopic (exact) mass is 574 g/mol. The summed E-state index contributed by atoms with van der Waals surface area (Å²) >= 11 is 6.62. The molecule has 212 valence electrons. The Morgan fingerprint density at radius 2 is 1.95 bits per heavy atom. The molecule has 0 aliphatic carbocycles. The zero-order valence-electron chi connectivity index (χ0n) is 22.8. The number of fused-ring (bicyclic) bond motifs is 2. The van der Waals surface area contributed by atoms with Crippen LogP contribution in [0.3, 0.4) is 0 Å². The number of carbonyl (C=O) groups is 2. The molecule has 2 aromatic carbocycles. The SMILES string of the molecule is CC(NC(=O)c1c(N)nn2cccnc12)c1cc(Cl)c2cn(CC=O)nc2c1-c1ccccc1.CN1CCOCC1. The molecule has 11 nitrogen and oxygen atoms in total. The molecule has 41 heavy (non-hydrogen) atoms. The van der Waals surface area contributed by atoms with Crippen LogP contribution in [0.15, 0.2) is 61.1 Å². The van der Waals surface area contributed by atoms with Crippen LogP contribution < -0.4 is 11.1 Å². The van der Waals surface area contributed by atoms with Crippen LogP contribution in [-0.2, 0) is 16.1 Å². The van der Waals surface area contributed by atoms with Gasteiger partial charge in [-0.15, -0.1) is 5.10 Å². The fourth-order valence-electron chi connectivity index (χ4n) is 4.75. The first-order valence-corrected chi connectivity index (χ1v) is 13.6. The minimum atomic E-state index is -0.459. The van der Waals surface area contributed by atoms with Crippen LogP contribution in [0.25, 0.3) is 27.7 Å². The van der Waals surface area contributed by atoms with Gasteiger partial charge in [-0.1, -0.05) is 41.9 Å². The van der Waals surface area contributed by atoms with Crippen molar-refractivity contribution in [2.75, 3.05) is 39.1 Å². The molecule has 1 unspecified atom stereocenters. The average Bonchev–Trinajstić information content (AvgIpc) is 3.55. The lowest BCUT2D eigenvalue weighted by atomic mass is 9.93. The summed E-state index contributed by atoms with van der Waals surface area (Å²) in [6, 6.07) is 12.8. The number of nitrogens with zero attached hydrogens (tertiary/aromatic N) is 6. The van der Waals surface area contributed by atoms with E-state index < -0.39 is 11.9 Å². The summed E-state index contributed by atoms with van der Waals surface area (Å²) in [5, 5.41) is 13.0. The molecule has 1 fully saturated rings. The fourth-order valence-corrected chi connectivity index (χ4v) is 5.00. The molecule has 5 aromatic rings. The highest BCUT2D eigenvalue weighted by Crippen LogP contribution is 2.38. The third kappa shape index (κ3) is 6.07. The highest BCUT2D eigenvalue weighted by Gasteiger charge is 2.24. The molecule has 0 spiro atoms. The van der Waals surface area contributed by atoms with Crippen LogP contribution in [0, 0.1) is 0 Å². The molecule has 1 saturated heterocycles. The van der Waals surface area contributed by atoms with Crippen molar-refractivity contribution in [2.24, 2.45) is 0 Å². The lowest BCUT2D eigenvalue weighted by Crippen LogP contribution is -2.32. The molecule has 0 bridgehead atoms. The van der Waals surface area contributed by atoms with Gasteiger partial charge in [-0.25, -0.2) is 9.50 Å².